The van der Waals surface area contributed by atoms with E-state index in [-0.39, 0.29) is 29.9 Å². The normalized spacial score (nSPS) is 20.3. The van der Waals surface area contributed by atoms with Crippen molar-refractivity contribution in [3.05, 3.63) is 27.8 Å². The molecule has 0 saturated heterocycles. The molecule has 0 aliphatic heterocycles. The third kappa shape index (κ3) is 4.36. The second-order valence-electron chi connectivity index (χ2n) is 6.06. The summed E-state index contributed by atoms with van der Waals surface area (Å²) in [5.74, 6) is -2.11. The number of alkyl halides is 3. The molecule has 0 bridgehead atoms. The van der Waals surface area contributed by atoms with E-state index in [0.29, 0.717) is 12.8 Å². The molecule has 7 nitrogen and oxygen atoms in total. The number of halogens is 3. The maximum Gasteiger partial charge on any atom is 0.391 e. The van der Waals surface area contributed by atoms with Crippen LogP contribution in [-0.4, -0.2) is 37.3 Å². The van der Waals surface area contributed by atoms with Gasteiger partial charge in [0.05, 0.1) is 31.1 Å². The van der Waals surface area contributed by atoms with Crippen LogP contribution in [0.3, 0.4) is 0 Å². The van der Waals surface area contributed by atoms with Gasteiger partial charge in [0.2, 0.25) is 0 Å². The Hall–Kier alpha value is -2.52. The van der Waals surface area contributed by atoms with E-state index in [4.69, 9.17) is 9.47 Å². The lowest BCUT2D eigenvalue weighted by Gasteiger charge is -2.31. The van der Waals surface area contributed by atoms with Crippen molar-refractivity contribution in [1.29, 1.82) is 0 Å². The van der Waals surface area contributed by atoms with Crippen LogP contribution in [0, 0.1) is 16.0 Å². The third-order valence-electron chi connectivity index (χ3n) is 4.42. The predicted octanol–water partition coefficient (Wildman–Crippen LogP) is 3.46. The fourth-order valence-electron chi connectivity index (χ4n) is 3.08. The van der Waals surface area contributed by atoms with Crippen LogP contribution in [0.4, 0.5) is 18.9 Å². The van der Waals surface area contributed by atoms with Gasteiger partial charge in [-0.25, -0.2) is 0 Å². The van der Waals surface area contributed by atoms with Crippen molar-refractivity contribution in [2.75, 3.05) is 14.2 Å². The van der Waals surface area contributed by atoms with E-state index in [1.807, 2.05) is 0 Å². The molecule has 144 valence electrons. The first-order valence-electron chi connectivity index (χ1n) is 7.95. The molecule has 1 amide bonds. The average molecular weight is 376 g/mol. The van der Waals surface area contributed by atoms with Gasteiger partial charge >= 0.3 is 6.18 Å². The lowest BCUT2D eigenvalue weighted by molar-refractivity contribution is -0.385. The van der Waals surface area contributed by atoms with E-state index < -0.39 is 34.7 Å². The SMILES string of the molecule is COc1cc(C(=O)N[C@H]2CCC[C@H](C(F)(F)F)C2)c([N+](=O)[O-])cc1OC. The van der Waals surface area contributed by atoms with Crippen molar-refractivity contribution in [2.45, 2.75) is 37.9 Å². The van der Waals surface area contributed by atoms with E-state index in [0.717, 1.165) is 12.1 Å². The fraction of sp³-hybridized carbons (Fsp3) is 0.562. The number of amides is 1. The Labute approximate surface area is 147 Å². The number of nitro benzene ring substituents is 1. The van der Waals surface area contributed by atoms with Crippen LogP contribution >= 0.6 is 0 Å². The molecule has 1 fully saturated rings. The van der Waals surface area contributed by atoms with Gasteiger partial charge in [0.15, 0.2) is 11.5 Å². The van der Waals surface area contributed by atoms with E-state index in [1.54, 1.807) is 0 Å². The summed E-state index contributed by atoms with van der Waals surface area (Å²) in [6.07, 6.45) is -3.83. The second-order valence-corrected chi connectivity index (χ2v) is 6.06. The zero-order valence-corrected chi connectivity index (χ0v) is 14.3. The molecule has 10 heteroatoms. The first-order chi connectivity index (χ1) is 12.2. The molecule has 1 aromatic carbocycles. The molecular formula is C16H19F3N2O5. The minimum Gasteiger partial charge on any atom is -0.493 e. The Morgan fingerprint density at radius 1 is 1.23 bits per heavy atom. The molecule has 1 aliphatic rings. The van der Waals surface area contributed by atoms with Gasteiger partial charge in [-0.1, -0.05) is 6.42 Å². The summed E-state index contributed by atoms with van der Waals surface area (Å²) < 4.78 is 48.7. The molecule has 1 aromatic rings. The van der Waals surface area contributed by atoms with Crippen LogP contribution < -0.4 is 14.8 Å². The Kier molecular flexibility index (Phi) is 5.94. The van der Waals surface area contributed by atoms with Crippen molar-refractivity contribution in [3.63, 3.8) is 0 Å². The number of ether oxygens (including phenoxy) is 2. The minimum absolute atomic E-state index is 0.0202. The zero-order chi connectivity index (χ0) is 19.5. The summed E-state index contributed by atoms with van der Waals surface area (Å²) in [4.78, 5) is 23.0. The summed E-state index contributed by atoms with van der Waals surface area (Å²) >= 11 is 0. The molecule has 1 saturated carbocycles. The van der Waals surface area contributed by atoms with Gasteiger partial charge in [0.25, 0.3) is 11.6 Å². The Bertz CT molecular complexity index is 693. The van der Waals surface area contributed by atoms with Crippen molar-refractivity contribution < 1.29 is 32.4 Å². The van der Waals surface area contributed by atoms with Crippen LogP contribution in [0.1, 0.15) is 36.0 Å². The van der Waals surface area contributed by atoms with Crippen molar-refractivity contribution in [1.82, 2.24) is 5.32 Å². The highest BCUT2D eigenvalue weighted by Crippen LogP contribution is 2.38. The smallest absolute Gasteiger partial charge is 0.391 e. The fourth-order valence-corrected chi connectivity index (χ4v) is 3.08. The van der Waals surface area contributed by atoms with E-state index in [1.165, 1.54) is 14.2 Å². The topological polar surface area (TPSA) is 90.7 Å². The zero-order valence-electron chi connectivity index (χ0n) is 14.3. The molecule has 1 N–H and O–H groups in total. The standard InChI is InChI=1S/C16H19F3N2O5/c1-25-13-7-11(12(21(23)24)8-14(13)26-2)15(22)20-10-5-3-4-9(6-10)16(17,18)19/h7-10H,3-6H2,1-2H3,(H,20,22)/t9-,10-/m0/s1. The second kappa shape index (κ2) is 7.79. The number of carbonyl (C=O) groups is 1. The first-order valence-corrected chi connectivity index (χ1v) is 7.95. The highest BCUT2D eigenvalue weighted by Gasteiger charge is 2.42. The molecule has 0 radical (unpaired) electrons. The predicted molar refractivity (Wildman–Crippen MR) is 85.5 cm³/mol. The van der Waals surface area contributed by atoms with E-state index in [9.17, 15) is 28.1 Å². The van der Waals surface area contributed by atoms with Crippen molar-refractivity contribution in [2.24, 2.45) is 5.92 Å². The van der Waals surface area contributed by atoms with Gasteiger partial charge in [-0.05, 0) is 19.3 Å². The molecule has 26 heavy (non-hydrogen) atoms. The minimum atomic E-state index is -4.32. The van der Waals surface area contributed by atoms with Gasteiger partial charge in [-0.3, -0.25) is 14.9 Å². The van der Waals surface area contributed by atoms with Gasteiger partial charge in [0, 0.05) is 12.1 Å². The number of hydrogen-bond acceptors (Lipinski definition) is 5. The number of nitrogens with one attached hydrogen (secondary N) is 1. The summed E-state index contributed by atoms with van der Waals surface area (Å²) in [6.45, 7) is 0. The summed E-state index contributed by atoms with van der Waals surface area (Å²) in [5.41, 5.74) is -0.801. The molecule has 0 spiro atoms. The third-order valence-corrected chi connectivity index (χ3v) is 4.42. The maximum atomic E-state index is 12.9. The number of methoxy groups -OCH3 is 2. The highest BCUT2D eigenvalue weighted by atomic mass is 19.4. The van der Waals surface area contributed by atoms with Gasteiger partial charge < -0.3 is 14.8 Å². The molecular weight excluding hydrogens is 357 g/mol. The quantitative estimate of drug-likeness (QED) is 0.628. The molecule has 2 atom stereocenters. The maximum absolute atomic E-state index is 12.9. The lowest BCUT2D eigenvalue weighted by Crippen LogP contribution is -2.41. The number of hydrogen-bond donors (Lipinski definition) is 1. The number of carbonyl (C=O) groups excluding carboxylic acids is 1. The van der Waals surface area contributed by atoms with Gasteiger partial charge in [-0.15, -0.1) is 0 Å². The van der Waals surface area contributed by atoms with Crippen molar-refractivity contribution in [3.8, 4) is 11.5 Å². The number of nitro groups is 1. The van der Waals surface area contributed by atoms with Crippen LogP contribution in [-0.2, 0) is 0 Å². The Morgan fingerprint density at radius 2 is 1.85 bits per heavy atom. The van der Waals surface area contributed by atoms with E-state index >= 15 is 0 Å². The molecule has 0 unspecified atom stereocenters. The number of rotatable bonds is 5. The Balaban J connectivity index is 2.24. The van der Waals surface area contributed by atoms with Crippen LogP contribution in [0.25, 0.3) is 0 Å². The monoisotopic (exact) mass is 376 g/mol. The largest absolute Gasteiger partial charge is 0.493 e. The van der Waals surface area contributed by atoms with Gasteiger partial charge in [-0.2, -0.15) is 13.2 Å². The van der Waals surface area contributed by atoms with Crippen LogP contribution in [0.15, 0.2) is 12.1 Å². The summed E-state index contributed by atoms with van der Waals surface area (Å²) in [5, 5.41) is 13.7. The molecule has 0 aromatic heterocycles. The van der Waals surface area contributed by atoms with Crippen molar-refractivity contribution >= 4 is 11.6 Å². The average Bonchev–Trinajstić information content (AvgIpc) is 2.59. The van der Waals surface area contributed by atoms with E-state index in [2.05, 4.69) is 5.32 Å². The lowest BCUT2D eigenvalue weighted by atomic mass is 9.85. The number of benzene rings is 1. The molecule has 2 rings (SSSR count). The Morgan fingerprint density at radius 3 is 2.38 bits per heavy atom. The molecule has 1 aliphatic carbocycles. The van der Waals surface area contributed by atoms with Gasteiger partial charge in [0.1, 0.15) is 5.56 Å². The highest BCUT2D eigenvalue weighted by molar-refractivity contribution is 5.99. The van der Waals surface area contributed by atoms with Crippen LogP contribution in [0.5, 0.6) is 11.5 Å². The first kappa shape index (κ1) is 19.8. The van der Waals surface area contributed by atoms with Crippen LogP contribution in [0.2, 0.25) is 0 Å². The molecule has 0 heterocycles. The summed E-state index contributed by atoms with van der Waals surface area (Å²) in [7, 11) is 2.60. The summed E-state index contributed by atoms with van der Waals surface area (Å²) in [6, 6.07) is 1.50. The number of nitrogens with zero attached hydrogens (tertiary/aromatic N) is 1.